The summed E-state index contributed by atoms with van der Waals surface area (Å²) in [6.45, 7) is 1.95. The van der Waals surface area contributed by atoms with Crippen molar-refractivity contribution < 1.29 is 5.11 Å². The monoisotopic (exact) mass is 240 g/mol. The Morgan fingerprint density at radius 3 is 2.67 bits per heavy atom. The number of nitrogens with zero attached hydrogens (tertiary/aromatic N) is 1. The molecule has 1 heterocycles. The van der Waals surface area contributed by atoms with Crippen LogP contribution in [0.4, 0.5) is 0 Å². The summed E-state index contributed by atoms with van der Waals surface area (Å²) in [4.78, 5) is 14.7. The van der Waals surface area contributed by atoms with Gasteiger partial charge in [-0.05, 0) is 30.7 Å². The summed E-state index contributed by atoms with van der Waals surface area (Å²) in [7, 11) is 0. The molecule has 3 aromatic rings. The number of imidazole rings is 1. The SMILES string of the molecule is Cc1ccccc1-n1c(=O)[nH]c2c(O)cccc21. The van der Waals surface area contributed by atoms with Crippen LogP contribution in [0.15, 0.2) is 47.3 Å². The van der Waals surface area contributed by atoms with E-state index in [2.05, 4.69) is 4.98 Å². The van der Waals surface area contributed by atoms with Crippen LogP contribution in [0.2, 0.25) is 0 Å². The second-order valence-electron chi connectivity index (χ2n) is 4.22. The number of aromatic nitrogens is 2. The highest BCUT2D eigenvalue weighted by atomic mass is 16.3. The summed E-state index contributed by atoms with van der Waals surface area (Å²) < 4.78 is 1.57. The molecule has 3 rings (SSSR count). The van der Waals surface area contributed by atoms with Gasteiger partial charge in [0, 0.05) is 0 Å². The van der Waals surface area contributed by atoms with Crippen LogP contribution in [0, 0.1) is 6.92 Å². The molecule has 90 valence electrons. The molecule has 0 aliphatic rings. The second-order valence-corrected chi connectivity index (χ2v) is 4.22. The molecule has 0 atom stereocenters. The van der Waals surface area contributed by atoms with Crippen LogP contribution < -0.4 is 5.69 Å². The maximum atomic E-state index is 12.0. The molecule has 0 bridgehead atoms. The van der Waals surface area contributed by atoms with Crippen LogP contribution in [-0.2, 0) is 0 Å². The topological polar surface area (TPSA) is 58.0 Å². The predicted molar refractivity (Wildman–Crippen MR) is 70.3 cm³/mol. The van der Waals surface area contributed by atoms with E-state index >= 15 is 0 Å². The van der Waals surface area contributed by atoms with Crippen LogP contribution >= 0.6 is 0 Å². The molecule has 18 heavy (non-hydrogen) atoms. The van der Waals surface area contributed by atoms with Gasteiger partial charge in [-0.2, -0.15) is 0 Å². The average Bonchev–Trinajstić information content (AvgIpc) is 2.68. The number of hydrogen-bond donors (Lipinski definition) is 2. The number of fused-ring (bicyclic) bond motifs is 1. The Bertz CT molecular complexity index is 784. The summed E-state index contributed by atoms with van der Waals surface area (Å²) in [5.41, 5.74) is 2.71. The second kappa shape index (κ2) is 3.77. The lowest BCUT2D eigenvalue weighted by atomic mass is 10.2. The average molecular weight is 240 g/mol. The first kappa shape index (κ1) is 10.7. The third kappa shape index (κ3) is 1.43. The van der Waals surface area contributed by atoms with Gasteiger partial charge in [0.15, 0.2) is 0 Å². The van der Waals surface area contributed by atoms with Gasteiger partial charge in [-0.25, -0.2) is 4.79 Å². The fourth-order valence-electron chi connectivity index (χ4n) is 2.17. The van der Waals surface area contributed by atoms with Crippen LogP contribution in [0.3, 0.4) is 0 Å². The Morgan fingerprint density at radius 1 is 1.11 bits per heavy atom. The van der Waals surface area contributed by atoms with Crippen molar-refractivity contribution >= 4 is 11.0 Å². The van der Waals surface area contributed by atoms with E-state index in [0.717, 1.165) is 11.3 Å². The summed E-state index contributed by atoms with van der Waals surface area (Å²) in [5.74, 6) is 0.0805. The molecule has 0 aliphatic carbocycles. The molecule has 0 spiro atoms. The van der Waals surface area contributed by atoms with E-state index in [-0.39, 0.29) is 11.4 Å². The van der Waals surface area contributed by atoms with Crippen molar-refractivity contribution in [1.82, 2.24) is 9.55 Å². The van der Waals surface area contributed by atoms with Gasteiger partial charge in [-0.3, -0.25) is 4.57 Å². The van der Waals surface area contributed by atoms with Crippen molar-refractivity contribution in [2.24, 2.45) is 0 Å². The number of nitrogens with one attached hydrogen (secondary N) is 1. The highest BCUT2D eigenvalue weighted by Gasteiger charge is 2.12. The number of aromatic amines is 1. The molecule has 4 nitrogen and oxygen atoms in total. The quantitative estimate of drug-likeness (QED) is 0.685. The number of rotatable bonds is 1. The third-order valence-corrected chi connectivity index (χ3v) is 3.05. The summed E-state index contributed by atoms with van der Waals surface area (Å²) >= 11 is 0. The Labute approximate surface area is 103 Å². The minimum Gasteiger partial charge on any atom is -0.506 e. The van der Waals surface area contributed by atoms with Crippen molar-refractivity contribution in [3.8, 4) is 11.4 Å². The highest BCUT2D eigenvalue weighted by Crippen LogP contribution is 2.24. The Kier molecular flexibility index (Phi) is 2.23. The largest absolute Gasteiger partial charge is 0.506 e. The fourth-order valence-corrected chi connectivity index (χ4v) is 2.17. The number of hydrogen-bond acceptors (Lipinski definition) is 2. The van der Waals surface area contributed by atoms with Crippen molar-refractivity contribution in [1.29, 1.82) is 0 Å². The van der Waals surface area contributed by atoms with Gasteiger partial charge in [0.05, 0.1) is 11.2 Å². The molecular weight excluding hydrogens is 228 g/mol. The van der Waals surface area contributed by atoms with E-state index < -0.39 is 0 Å². The lowest BCUT2D eigenvalue weighted by molar-refractivity contribution is 0.480. The Morgan fingerprint density at radius 2 is 1.89 bits per heavy atom. The number of aromatic hydroxyl groups is 1. The van der Waals surface area contributed by atoms with Crippen LogP contribution in [0.5, 0.6) is 5.75 Å². The molecular formula is C14H12N2O2. The number of benzene rings is 2. The normalized spacial score (nSPS) is 10.9. The molecule has 0 fully saturated rings. The van der Waals surface area contributed by atoms with E-state index in [1.165, 1.54) is 0 Å². The first-order valence-corrected chi connectivity index (χ1v) is 5.67. The Hall–Kier alpha value is -2.49. The summed E-state index contributed by atoms with van der Waals surface area (Å²) in [6, 6.07) is 12.7. The van der Waals surface area contributed by atoms with Gasteiger partial charge in [0.1, 0.15) is 11.3 Å². The number of H-pyrrole nitrogens is 1. The highest BCUT2D eigenvalue weighted by molar-refractivity contribution is 5.83. The van der Waals surface area contributed by atoms with Crippen LogP contribution in [0.1, 0.15) is 5.56 Å². The fraction of sp³-hybridized carbons (Fsp3) is 0.0714. The summed E-state index contributed by atoms with van der Waals surface area (Å²) in [5, 5.41) is 9.74. The molecule has 0 saturated heterocycles. The standard InChI is InChI=1S/C14H12N2O2/c1-9-5-2-3-6-10(9)16-11-7-4-8-12(17)13(11)15-14(16)18/h2-8,17H,1H3,(H,15,18). The van der Waals surface area contributed by atoms with Crippen molar-refractivity contribution in [2.75, 3.05) is 0 Å². The van der Waals surface area contributed by atoms with Gasteiger partial charge in [-0.1, -0.05) is 24.3 Å². The van der Waals surface area contributed by atoms with E-state index in [9.17, 15) is 9.90 Å². The molecule has 0 radical (unpaired) electrons. The number of phenolic OH excluding ortho intramolecular Hbond substituents is 1. The van der Waals surface area contributed by atoms with Crippen molar-refractivity contribution in [2.45, 2.75) is 6.92 Å². The predicted octanol–water partition coefficient (Wildman–Crippen LogP) is 2.33. The van der Waals surface area contributed by atoms with E-state index in [1.807, 2.05) is 31.2 Å². The minimum absolute atomic E-state index is 0.0805. The number of para-hydroxylation sites is 2. The number of aryl methyl sites for hydroxylation is 1. The first-order valence-electron chi connectivity index (χ1n) is 5.67. The zero-order valence-electron chi connectivity index (χ0n) is 9.84. The first-order chi connectivity index (χ1) is 8.68. The van der Waals surface area contributed by atoms with Gasteiger partial charge in [0.25, 0.3) is 0 Å². The molecule has 0 unspecified atom stereocenters. The molecule has 0 aliphatic heterocycles. The van der Waals surface area contributed by atoms with E-state index in [4.69, 9.17) is 0 Å². The van der Waals surface area contributed by atoms with Crippen LogP contribution in [0.25, 0.3) is 16.7 Å². The zero-order chi connectivity index (χ0) is 12.7. The molecule has 4 heteroatoms. The van der Waals surface area contributed by atoms with Crippen molar-refractivity contribution in [3.05, 3.63) is 58.5 Å². The van der Waals surface area contributed by atoms with E-state index in [1.54, 1.807) is 22.8 Å². The molecule has 0 amide bonds. The van der Waals surface area contributed by atoms with Crippen LogP contribution in [-0.4, -0.2) is 14.7 Å². The third-order valence-electron chi connectivity index (χ3n) is 3.05. The molecule has 2 aromatic carbocycles. The van der Waals surface area contributed by atoms with E-state index in [0.29, 0.717) is 11.0 Å². The minimum atomic E-state index is -0.249. The lowest BCUT2D eigenvalue weighted by Crippen LogP contribution is -2.15. The number of phenols is 1. The summed E-state index contributed by atoms with van der Waals surface area (Å²) in [6.07, 6.45) is 0. The molecule has 2 N–H and O–H groups in total. The van der Waals surface area contributed by atoms with Gasteiger partial charge >= 0.3 is 5.69 Å². The van der Waals surface area contributed by atoms with Gasteiger partial charge < -0.3 is 10.1 Å². The maximum absolute atomic E-state index is 12.0. The zero-order valence-corrected chi connectivity index (χ0v) is 9.84. The molecule has 1 aromatic heterocycles. The molecule has 0 saturated carbocycles. The van der Waals surface area contributed by atoms with Gasteiger partial charge in [-0.15, -0.1) is 0 Å². The van der Waals surface area contributed by atoms with Gasteiger partial charge in [0.2, 0.25) is 0 Å². The Balaban J connectivity index is 2.44. The van der Waals surface area contributed by atoms with Crippen molar-refractivity contribution in [3.63, 3.8) is 0 Å². The lowest BCUT2D eigenvalue weighted by Gasteiger charge is -2.06. The maximum Gasteiger partial charge on any atom is 0.331 e. The smallest absolute Gasteiger partial charge is 0.331 e.